The molecular weight excluding hydrogens is 643 g/mol. The quantitative estimate of drug-likeness (QED) is 0.177. The van der Waals surface area contributed by atoms with Crippen molar-refractivity contribution in [2.75, 3.05) is 14.1 Å². The molecule has 11 heteroatoms. The lowest BCUT2D eigenvalue weighted by molar-refractivity contribution is 0.0822. The zero-order valence-electron chi connectivity index (χ0n) is 27.1. The minimum Gasteiger partial charge on any atom is -0.343 e. The van der Waals surface area contributed by atoms with Crippen LogP contribution in [0, 0.1) is 6.92 Å². The fraction of sp³-hybridized carbons (Fsp3) is 0.189. The van der Waals surface area contributed by atoms with E-state index in [1.165, 1.54) is 4.90 Å². The van der Waals surface area contributed by atoms with Gasteiger partial charge in [-0.1, -0.05) is 79.7 Å². The number of hydrogen-bond donors (Lipinski definition) is 1. The van der Waals surface area contributed by atoms with E-state index in [-0.39, 0.29) is 15.7 Å². The number of carbonyl (C=O) groups is 2. The molecule has 3 aromatic heterocycles. The first kappa shape index (κ1) is 32.8. The highest BCUT2D eigenvalue weighted by Gasteiger charge is 2.26. The van der Waals surface area contributed by atoms with E-state index in [0.29, 0.717) is 41.9 Å². The number of carbonyl (C=O) groups excluding carboxylic acids is 2. The van der Waals surface area contributed by atoms with Crippen molar-refractivity contribution in [1.29, 1.82) is 0 Å². The number of sulfonamides is 1. The van der Waals surface area contributed by atoms with Gasteiger partial charge in [0.2, 0.25) is 0 Å². The maximum absolute atomic E-state index is 13.7. The molecule has 0 spiro atoms. The fourth-order valence-corrected chi connectivity index (χ4v) is 8.31. The molecule has 3 aromatic carbocycles. The van der Waals surface area contributed by atoms with Crippen molar-refractivity contribution in [1.82, 2.24) is 24.2 Å². The summed E-state index contributed by atoms with van der Waals surface area (Å²) in [6.45, 7) is 4.43. The molecule has 6 rings (SSSR count). The van der Waals surface area contributed by atoms with Crippen LogP contribution in [-0.4, -0.2) is 53.8 Å². The lowest BCUT2D eigenvalue weighted by Gasteiger charge is -2.12. The number of nitrogens with zero attached hydrogens (tertiary/aromatic N) is 4. The van der Waals surface area contributed by atoms with Gasteiger partial charge in [-0.2, -0.15) is 0 Å². The number of imidazole rings is 1. The zero-order chi connectivity index (χ0) is 34.0. The summed E-state index contributed by atoms with van der Waals surface area (Å²) >= 11 is 1.16. The molecule has 0 atom stereocenters. The van der Waals surface area contributed by atoms with Gasteiger partial charge in [0.25, 0.3) is 21.8 Å². The van der Waals surface area contributed by atoms with Crippen molar-refractivity contribution in [3.8, 4) is 11.1 Å². The molecule has 0 saturated heterocycles. The van der Waals surface area contributed by atoms with E-state index in [4.69, 9.17) is 9.97 Å². The Kier molecular flexibility index (Phi) is 9.25. The van der Waals surface area contributed by atoms with Crippen LogP contribution in [-0.2, 0) is 29.4 Å². The first-order valence-corrected chi connectivity index (χ1v) is 17.8. The Labute approximate surface area is 284 Å². The predicted octanol–water partition coefficient (Wildman–Crippen LogP) is 6.49. The predicted molar refractivity (Wildman–Crippen MR) is 189 cm³/mol. The van der Waals surface area contributed by atoms with Gasteiger partial charge in [-0.05, 0) is 53.4 Å². The van der Waals surface area contributed by atoms with E-state index in [0.717, 1.165) is 44.2 Å². The van der Waals surface area contributed by atoms with Gasteiger partial charge in [0.1, 0.15) is 21.2 Å². The minimum absolute atomic E-state index is 0.0806. The minimum atomic E-state index is -4.20. The van der Waals surface area contributed by atoms with Crippen LogP contribution in [0.3, 0.4) is 0 Å². The van der Waals surface area contributed by atoms with E-state index >= 15 is 0 Å². The van der Waals surface area contributed by atoms with Crippen LogP contribution in [0.5, 0.6) is 0 Å². The number of hydrogen-bond acceptors (Lipinski definition) is 7. The molecule has 3 heterocycles. The lowest BCUT2D eigenvalue weighted by Crippen LogP contribution is -2.30. The molecule has 244 valence electrons. The highest BCUT2D eigenvalue weighted by molar-refractivity contribution is 7.92. The van der Waals surface area contributed by atoms with Crippen molar-refractivity contribution in [2.24, 2.45) is 0 Å². The van der Waals surface area contributed by atoms with Crippen LogP contribution in [0.2, 0.25) is 0 Å². The molecule has 2 amide bonds. The Balaban J connectivity index is 1.35. The Hall–Kier alpha value is -5.13. The Bertz CT molecular complexity index is 2230. The molecule has 0 unspecified atom stereocenters. The highest BCUT2D eigenvalue weighted by atomic mass is 32.2. The number of pyridine rings is 1. The van der Waals surface area contributed by atoms with Gasteiger partial charge in [-0.25, -0.2) is 23.1 Å². The van der Waals surface area contributed by atoms with Crippen molar-refractivity contribution >= 4 is 44.3 Å². The number of nitrogens with one attached hydrogen (secondary N) is 1. The summed E-state index contributed by atoms with van der Waals surface area (Å²) in [5.41, 5.74) is 6.15. The highest BCUT2D eigenvalue weighted by Crippen LogP contribution is 2.37. The SMILES string of the molecule is CCc1nc2c(C)cc(C(=O)N(C)C)nc2n1Cc1ccc(-c2cc(Cc3ccccc3)sc2S(=O)(=O)NC(=O)c2ccccc2)cc1. The number of aromatic nitrogens is 3. The zero-order valence-corrected chi connectivity index (χ0v) is 28.7. The van der Waals surface area contributed by atoms with Gasteiger partial charge in [0.15, 0.2) is 5.65 Å². The van der Waals surface area contributed by atoms with E-state index in [9.17, 15) is 18.0 Å². The smallest absolute Gasteiger partial charge is 0.274 e. The van der Waals surface area contributed by atoms with Crippen LogP contribution >= 0.6 is 11.3 Å². The molecule has 1 N–H and O–H groups in total. The van der Waals surface area contributed by atoms with Crippen LogP contribution in [0.4, 0.5) is 0 Å². The number of aryl methyl sites for hydroxylation is 2. The maximum Gasteiger partial charge on any atom is 0.274 e. The number of thiophene rings is 1. The van der Waals surface area contributed by atoms with E-state index in [1.807, 2.05) is 79.1 Å². The number of fused-ring (bicyclic) bond motifs is 1. The van der Waals surface area contributed by atoms with Gasteiger partial charge in [0, 0.05) is 42.9 Å². The summed E-state index contributed by atoms with van der Waals surface area (Å²) in [5.74, 6) is -0.0122. The largest absolute Gasteiger partial charge is 0.343 e. The fourth-order valence-electron chi connectivity index (χ4n) is 5.56. The Morgan fingerprint density at radius 1 is 0.875 bits per heavy atom. The summed E-state index contributed by atoms with van der Waals surface area (Å²) in [5, 5.41) is 0. The normalized spacial score (nSPS) is 11.5. The third-order valence-corrected chi connectivity index (χ3v) is 11.0. The molecule has 0 aliphatic heterocycles. The third-order valence-electron chi connectivity index (χ3n) is 8.00. The number of rotatable bonds is 10. The monoisotopic (exact) mass is 677 g/mol. The van der Waals surface area contributed by atoms with E-state index in [2.05, 4.69) is 4.72 Å². The third kappa shape index (κ3) is 6.78. The van der Waals surface area contributed by atoms with Crippen LogP contribution < -0.4 is 4.72 Å². The molecule has 0 radical (unpaired) electrons. The summed E-state index contributed by atoms with van der Waals surface area (Å²) < 4.78 is 31.8. The molecule has 0 aliphatic rings. The van der Waals surface area contributed by atoms with Gasteiger partial charge >= 0.3 is 0 Å². The first-order chi connectivity index (χ1) is 23.0. The van der Waals surface area contributed by atoms with Crippen molar-refractivity contribution < 1.29 is 18.0 Å². The van der Waals surface area contributed by atoms with Gasteiger partial charge in [-0.15, -0.1) is 11.3 Å². The van der Waals surface area contributed by atoms with Crippen LogP contribution in [0.25, 0.3) is 22.3 Å². The van der Waals surface area contributed by atoms with Gasteiger partial charge < -0.3 is 9.47 Å². The summed E-state index contributed by atoms with van der Waals surface area (Å²) in [6, 6.07) is 29.5. The van der Waals surface area contributed by atoms with Crippen LogP contribution in [0.1, 0.15) is 55.2 Å². The summed E-state index contributed by atoms with van der Waals surface area (Å²) in [7, 11) is -0.796. The second-order valence-corrected chi connectivity index (χ2v) is 14.8. The first-order valence-electron chi connectivity index (χ1n) is 15.5. The molecule has 0 aliphatic carbocycles. The second kappa shape index (κ2) is 13.5. The Morgan fingerprint density at radius 3 is 2.19 bits per heavy atom. The van der Waals surface area contributed by atoms with E-state index < -0.39 is 15.9 Å². The molecule has 6 aromatic rings. The molecule has 48 heavy (non-hydrogen) atoms. The Morgan fingerprint density at radius 2 is 1.54 bits per heavy atom. The van der Waals surface area contributed by atoms with Crippen molar-refractivity contribution in [2.45, 2.75) is 37.4 Å². The molecular formula is C37H35N5O4S2. The lowest BCUT2D eigenvalue weighted by atomic mass is 10.0. The number of benzene rings is 3. The maximum atomic E-state index is 13.7. The average molecular weight is 678 g/mol. The standard InChI is InChI=1S/C37H35N5O4S2/c1-5-32-39-33-24(2)20-31(36(44)41(3)4)38-34(33)42(32)23-26-16-18-27(19-17-26)30-22-29(21-25-12-8-6-9-13-25)47-37(30)48(45,46)40-35(43)28-14-10-7-11-15-28/h6-20,22H,5,21,23H2,1-4H3,(H,40,43). The topological polar surface area (TPSA) is 114 Å². The number of amides is 2. The molecule has 0 bridgehead atoms. The second-order valence-electron chi connectivity index (χ2n) is 11.7. The molecule has 0 fully saturated rings. The van der Waals surface area contributed by atoms with Gasteiger partial charge in [-0.3, -0.25) is 9.59 Å². The average Bonchev–Trinajstić information content (AvgIpc) is 3.67. The molecule has 9 nitrogen and oxygen atoms in total. The summed E-state index contributed by atoms with van der Waals surface area (Å²) in [6.07, 6.45) is 1.23. The molecule has 0 saturated carbocycles. The summed E-state index contributed by atoms with van der Waals surface area (Å²) in [4.78, 5) is 37.6. The van der Waals surface area contributed by atoms with E-state index in [1.54, 1.807) is 50.5 Å². The van der Waals surface area contributed by atoms with Gasteiger partial charge in [0.05, 0.1) is 6.54 Å². The van der Waals surface area contributed by atoms with Crippen molar-refractivity contribution in [3.05, 3.63) is 136 Å². The van der Waals surface area contributed by atoms with Crippen molar-refractivity contribution in [3.63, 3.8) is 0 Å². The van der Waals surface area contributed by atoms with Crippen LogP contribution in [0.15, 0.2) is 101 Å².